The van der Waals surface area contributed by atoms with Crippen LogP contribution in [0.2, 0.25) is 0 Å². The number of aromatic nitrogens is 3. The van der Waals surface area contributed by atoms with Gasteiger partial charge >= 0.3 is 0 Å². The molecule has 0 saturated carbocycles. The first-order valence-electron chi connectivity index (χ1n) is 6.86. The van der Waals surface area contributed by atoms with Crippen molar-refractivity contribution >= 4 is 0 Å². The second-order valence-electron chi connectivity index (χ2n) is 5.57. The van der Waals surface area contributed by atoms with E-state index >= 15 is 0 Å². The van der Waals surface area contributed by atoms with E-state index in [1.54, 1.807) is 0 Å². The number of rotatable bonds is 1. The Kier molecular flexibility index (Phi) is 2.90. The normalized spacial score (nSPS) is 22.3. The van der Waals surface area contributed by atoms with Crippen molar-refractivity contribution in [2.24, 2.45) is 5.73 Å². The fourth-order valence-corrected chi connectivity index (χ4v) is 2.59. The highest BCUT2D eigenvalue weighted by atomic mass is 15.4. The van der Waals surface area contributed by atoms with Gasteiger partial charge in [0, 0.05) is 5.56 Å². The molecule has 0 bridgehead atoms. The number of aryl methyl sites for hydroxylation is 2. The van der Waals surface area contributed by atoms with E-state index in [2.05, 4.69) is 49.1 Å². The smallest absolute Gasteiger partial charge is 0.181 e. The number of nitrogens with two attached hydrogens (primary N) is 1. The van der Waals surface area contributed by atoms with Crippen LogP contribution >= 0.6 is 0 Å². The molecule has 2 aromatic rings. The molecule has 0 saturated heterocycles. The monoisotopic (exact) mass is 256 g/mol. The molecule has 0 spiro atoms. The Morgan fingerprint density at radius 2 is 2.00 bits per heavy atom. The maximum absolute atomic E-state index is 6.13. The molecule has 0 radical (unpaired) electrons. The highest BCUT2D eigenvalue weighted by Crippen LogP contribution is 2.30. The second kappa shape index (κ2) is 4.46. The van der Waals surface area contributed by atoms with Crippen molar-refractivity contribution in [2.75, 3.05) is 0 Å². The van der Waals surface area contributed by atoms with Gasteiger partial charge in [-0.15, -0.1) is 0 Å². The van der Waals surface area contributed by atoms with E-state index in [1.165, 1.54) is 11.1 Å². The number of nitrogens with zero attached hydrogens (tertiary/aromatic N) is 3. The van der Waals surface area contributed by atoms with E-state index in [-0.39, 0.29) is 6.04 Å². The third kappa shape index (κ3) is 2.06. The van der Waals surface area contributed by atoms with Crippen molar-refractivity contribution in [3.8, 4) is 11.4 Å². The van der Waals surface area contributed by atoms with Gasteiger partial charge in [-0.1, -0.05) is 12.1 Å². The first-order valence-corrected chi connectivity index (χ1v) is 6.86. The van der Waals surface area contributed by atoms with Crippen LogP contribution in [0.1, 0.15) is 48.8 Å². The number of fused-ring (bicyclic) bond motifs is 1. The molecule has 3 rings (SSSR count). The van der Waals surface area contributed by atoms with E-state index in [0.29, 0.717) is 6.04 Å². The third-order valence-electron chi connectivity index (χ3n) is 4.07. The van der Waals surface area contributed by atoms with Crippen LogP contribution in [0.25, 0.3) is 11.4 Å². The zero-order valence-electron chi connectivity index (χ0n) is 11.7. The summed E-state index contributed by atoms with van der Waals surface area (Å²) in [6.07, 6.45) is 2.07. The SMILES string of the molecule is Cc1ccc(-c2nc3n(n2)C(C)CCC3N)cc1C. The predicted molar refractivity (Wildman–Crippen MR) is 75.8 cm³/mol. The highest BCUT2D eigenvalue weighted by Gasteiger charge is 2.26. The van der Waals surface area contributed by atoms with Crippen LogP contribution in [0.4, 0.5) is 0 Å². The summed E-state index contributed by atoms with van der Waals surface area (Å²) in [5.74, 6) is 1.72. The summed E-state index contributed by atoms with van der Waals surface area (Å²) in [6, 6.07) is 6.76. The summed E-state index contributed by atoms with van der Waals surface area (Å²) in [4.78, 5) is 4.65. The van der Waals surface area contributed by atoms with Gasteiger partial charge in [-0.25, -0.2) is 9.67 Å². The Hall–Kier alpha value is -1.68. The molecule has 0 fully saturated rings. The van der Waals surface area contributed by atoms with Crippen LogP contribution in [-0.4, -0.2) is 14.8 Å². The van der Waals surface area contributed by atoms with Crippen molar-refractivity contribution in [1.82, 2.24) is 14.8 Å². The van der Waals surface area contributed by atoms with Gasteiger partial charge in [-0.2, -0.15) is 5.10 Å². The molecule has 1 aromatic carbocycles. The van der Waals surface area contributed by atoms with Gasteiger partial charge in [0.2, 0.25) is 0 Å². The lowest BCUT2D eigenvalue weighted by Gasteiger charge is -2.23. The van der Waals surface area contributed by atoms with Gasteiger partial charge in [-0.05, 0) is 50.8 Å². The minimum atomic E-state index is 0.0176. The molecule has 2 heterocycles. The molecule has 1 aliphatic rings. The van der Waals surface area contributed by atoms with Crippen LogP contribution in [0.5, 0.6) is 0 Å². The van der Waals surface area contributed by atoms with E-state index in [0.717, 1.165) is 30.1 Å². The van der Waals surface area contributed by atoms with Crippen molar-refractivity contribution in [3.05, 3.63) is 35.2 Å². The standard InChI is InChI=1S/C15H20N4/c1-9-4-6-12(8-10(9)2)14-17-15-13(16)7-5-11(3)19(15)18-14/h4,6,8,11,13H,5,7,16H2,1-3H3. The van der Waals surface area contributed by atoms with Gasteiger partial charge in [0.05, 0.1) is 12.1 Å². The lowest BCUT2D eigenvalue weighted by molar-refractivity contribution is 0.350. The van der Waals surface area contributed by atoms with E-state index in [9.17, 15) is 0 Å². The van der Waals surface area contributed by atoms with Crippen LogP contribution in [0, 0.1) is 13.8 Å². The van der Waals surface area contributed by atoms with Gasteiger partial charge in [0.1, 0.15) is 5.82 Å². The molecule has 2 unspecified atom stereocenters. The summed E-state index contributed by atoms with van der Waals surface area (Å²) in [5.41, 5.74) is 9.76. The summed E-state index contributed by atoms with van der Waals surface area (Å²) in [6.45, 7) is 6.40. The van der Waals surface area contributed by atoms with Gasteiger partial charge in [0.25, 0.3) is 0 Å². The molecule has 4 nitrogen and oxygen atoms in total. The Morgan fingerprint density at radius 3 is 2.68 bits per heavy atom. The Balaban J connectivity index is 2.07. The predicted octanol–water partition coefficient (Wildman–Crippen LogP) is 2.92. The minimum absolute atomic E-state index is 0.0176. The summed E-state index contributed by atoms with van der Waals surface area (Å²) in [7, 11) is 0. The van der Waals surface area contributed by atoms with E-state index in [1.807, 2.05) is 4.68 Å². The zero-order chi connectivity index (χ0) is 13.6. The largest absolute Gasteiger partial charge is 0.321 e. The summed E-state index contributed by atoms with van der Waals surface area (Å²) >= 11 is 0. The average molecular weight is 256 g/mol. The lowest BCUT2D eigenvalue weighted by Crippen LogP contribution is -2.25. The molecule has 0 aliphatic carbocycles. The molecule has 2 N–H and O–H groups in total. The maximum Gasteiger partial charge on any atom is 0.181 e. The second-order valence-corrected chi connectivity index (χ2v) is 5.57. The molecular formula is C15H20N4. The van der Waals surface area contributed by atoms with Crippen LogP contribution in [0.15, 0.2) is 18.2 Å². The first kappa shape index (κ1) is 12.4. The van der Waals surface area contributed by atoms with Crippen molar-refractivity contribution in [1.29, 1.82) is 0 Å². The fourth-order valence-electron chi connectivity index (χ4n) is 2.59. The topological polar surface area (TPSA) is 56.7 Å². The van der Waals surface area contributed by atoms with Crippen molar-refractivity contribution in [3.63, 3.8) is 0 Å². The first-order chi connectivity index (χ1) is 9.06. The molecule has 4 heteroatoms. The Labute approximate surface area is 113 Å². The van der Waals surface area contributed by atoms with Gasteiger partial charge in [0.15, 0.2) is 5.82 Å². The number of hydrogen-bond acceptors (Lipinski definition) is 3. The molecule has 19 heavy (non-hydrogen) atoms. The summed E-state index contributed by atoms with van der Waals surface area (Å²) < 4.78 is 2.00. The number of hydrogen-bond donors (Lipinski definition) is 1. The molecule has 100 valence electrons. The third-order valence-corrected chi connectivity index (χ3v) is 4.07. The Bertz CT molecular complexity index is 587. The van der Waals surface area contributed by atoms with Gasteiger partial charge < -0.3 is 5.73 Å². The quantitative estimate of drug-likeness (QED) is 0.853. The minimum Gasteiger partial charge on any atom is -0.321 e. The zero-order valence-corrected chi connectivity index (χ0v) is 11.7. The average Bonchev–Trinajstić information content (AvgIpc) is 2.83. The van der Waals surface area contributed by atoms with Crippen LogP contribution in [0.3, 0.4) is 0 Å². The number of benzene rings is 1. The molecule has 2 atom stereocenters. The molecule has 0 amide bonds. The fraction of sp³-hybridized carbons (Fsp3) is 0.467. The summed E-state index contributed by atoms with van der Waals surface area (Å²) in [5, 5.41) is 4.65. The van der Waals surface area contributed by atoms with Crippen molar-refractivity contribution in [2.45, 2.75) is 45.7 Å². The molecular weight excluding hydrogens is 236 g/mol. The van der Waals surface area contributed by atoms with Crippen LogP contribution in [-0.2, 0) is 0 Å². The lowest BCUT2D eigenvalue weighted by atomic mass is 10.0. The highest BCUT2D eigenvalue weighted by molar-refractivity contribution is 5.57. The molecule has 1 aliphatic heterocycles. The van der Waals surface area contributed by atoms with Crippen LogP contribution < -0.4 is 5.73 Å². The van der Waals surface area contributed by atoms with Gasteiger partial charge in [-0.3, -0.25) is 0 Å². The Morgan fingerprint density at radius 1 is 1.21 bits per heavy atom. The van der Waals surface area contributed by atoms with E-state index in [4.69, 9.17) is 5.73 Å². The molecule has 1 aromatic heterocycles. The van der Waals surface area contributed by atoms with E-state index < -0.39 is 0 Å². The maximum atomic E-state index is 6.13. The van der Waals surface area contributed by atoms with Crippen molar-refractivity contribution < 1.29 is 0 Å².